The first-order valence-electron chi connectivity index (χ1n) is 20.4. The number of hydrogen-bond acceptors (Lipinski definition) is 15. The molecule has 3 N–H and O–H groups in total. The predicted octanol–water partition coefficient (Wildman–Crippen LogP) is 4.07. The molecule has 61 heavy (non-hydrogen) atoms. The number of aryl methyl sites for hydroxylation is 2. The number of nitrogens with zero attached hydrogens (tertiary/aromatic N) is 7. The van der Waals surface area contributed by atoms with Gasteiger partial charge in [-0.15, -0.1) is 0 Å². The standard InChI is InChI=1S/C25H31N5O3.C17H21N3O2.2CHNO/c1-17-3-4-21-22(11-17)30(25(31)16-28-21)8-7-29-6-5-19(12-18(29)2)26-14-20-13-23-24(15-27-20)33-10-9-32-23;1-12-3-4-15-16(9-12)20(17(22)11-18-15)8-7-19-6-5-14(21)10-13(19)2;2*2-1-3/h3-4,11,13,15-16,18-19,26H,5-10,12,14H2,1-2H3;3-4,9,11,13H,5-8,10H2,1-2H3;2*2H. The van der Waals surface area contributed by atoms with E-state index in [9.17, 15) is 14.4 Å². The van der Waals surface area contributed by atoms with E-state index in [2.05, 4.69) is 50.0 Å². The molecule has 0 radical (unpaired) electrons. The van der Waals surface area contributed by atoms with E-state index < -0.39 is 0 Å². The summed E-state index contributed by atoms with van der Waals surface area (Å²) in [4.78, 5) is 70.6. The van der Waals surface area contributed by atoms with Gasteiger partial charge in [0.25, 0.3) is 11.1 Å². The minimum Gasteiger partial charge on any atom is -0.486 e. The molecule has 17 nitrogen and oxygen atoms in total. The maximum absolute atomic E-state index is 12.5. The molecule has 6 heterocycles. The van der Waals surface area contributed by atoms with Gasteiger partial charge in [0.15, 0.2) is 11.5 Å². The lowest BCUT2D eigenvalue weighted by molar-refractivity contribution is -0.122. The maximum Gasteiger partial charge on any atom is 0.269 e. The Morgan fingerprint density at radius 3 is 1.80 bits per heavy atom. The van der Waals surface area contributed by atoms with Crippen LogP contribution in [-0.4, -0.2) is 109 Å². The molecular weight excluding hydrogens is 781 g/mol. The number of carbonyl (C=O) groups is 1. The first kappa shape index (κ1) is 45.9. The van der Waals surface area contributed by atoms with Gasteiger partial charge in [-0.3, -0.25) is 29.2 Å². The van der Waals surface area contributed by atoms with E-state index in [1.807, 2.05) is 54.8 Å². The number of hydrogen-bond donors (Lipinski definition) is 3. The van der Waals surface area contributed by atoms with Gasteiger partial charge in [0.1, 0.15) is 19.0 Å². The Balaban J connectivity index is 0.000000217. The first-order chi connectivity index (χ1) is 29.4. The van der Waals surface area contributed by atoms with Gasteiger partial charge in [0.05, 0.1) is 46.4 Å². The average Bonchev–Trinajstić information content (AvgIpc) is 3.24. The molecule has 0 spiro atoms. The van der Waals surface area contributed by atoms with Gasteiger partial charge in [-0.1, -0.05) is 12.1 Å². The zero-order chi connectivity index (χ0) is 43.9. The molecule has 3 aliphatic heterocycles. The van der Waals surface area contributed by atoms with E-state index in [-0.39, 0.29) is 17.2 Å². The molecule has 0 bridgehead atoms. The molecule has 0 amide bonds. The van der Waals surface area contributed by atoms with Crippen LogP contribution in [0.3, 0.4) is 0 Å². The quantitative estimate of drug-likeness (QED) is 0.141. The van der Waals surface area contributed by atoms with Gasteiger partial charge in [-0.05, 0) is 82.5 Å². The predicted molar refractivity (Wildman–Crippen MR) is 230 cm³/mol. The fraction of sp³-hybridized carbons (Fsp3) is 0.455. The number of fused-ring (bicyclic) bond motifs is 3. The van der Waals surface area contributed by atoms with Crippen LogP contribution in [0.1, 0.15) is 56.4 Å². The number of benzene rings is 2. The molecule has 8 rings (SSSR count). The Bertz CT molecular complexity index is 2460. The number of Topliss-reactive ketones (excluding diaryl/α,β-unsaturated/α-hetero) is 1. The van der Waals surface area contributed by atoms with Crippen LogP contribution in [0.5, 0.6) is 11.5 Å². The second kappa shape index (κ2) is 22.4. The summed E-state index contributed by atoms with van der Waals surface area (Å²) < 4.78 is 14.9. The average molecular weight is 835 g/mol. The van der Waals surface area contributed by atoms with Gasteiger partial charge in [-0.25, -0.2) is 30.4 Å². The lowest BCUT2D eigenvalue weighted by Gasteiger charge is -2.38. The fourth-order valence-electron chi connectivity index (χ4n) is 7.92. The summed E-state index contributed by atoms with van der Waals surface area (Å²) in [5, 5.41) is 14.5. The lowest BCUT2D eigenvalue weighted by Crippen LogP contribution is -2.48. The first-order valence-corrected chi connectivity index (χ1v) is 20.4. The summed E-state index contributed by atoms with van der Waals surface area (Å²) in [6, 6.07) is 15.1. The highest BCUT2D eigenvalue weighted by Gasteiger charge is 2.26. The highest BCUT2D eigenvalue weighted by atomic mass is 16.6. The van der Waals surface area contributed by atoms with Gasteiger partial charge < -0.3 is 23.9 Å². The van der Waals surface area contributed by atoms with E-state index in [1.54, 1.807) is 10.8 Å². The number of likely N-dealkylation sites (tertiary alicyclic amines) is 2. The minimum atomic E-state index is -0.0705. The summed E-state index contributed by atoms with van der Waals surface area (Å²) in [6.45, 7) is 15.0. The van der Waals surface area contributed by atoms with Gasteiger partial charge in [0, 0.05) is 76.3 Å². The number of isocyanates is 2. The zero-order valence-electron chi connectivity index (χ0n) is 35.2. The second-order valence-electron chi connectivity index (χ2n) is 15.4. The molecule has 5 aromatic rings. The lowest BCUT2D eigenvalue weighted by atomic mass is 9.98. The Morgan fingerprint density at radius 2 is 1.26 bits per heavy atom. The van der Waals surface area contributed by atoms with Crippen LogP contribution in [0, 0.1) is 24.7 Å². The highest BCUT2D eigenvalue weighted by molar-refractivity contribution is 5.80. The van der Waals surface area contributed by atoms with Crippen LogP contribution >= 0.6 is 0 Å². The van der Waals surface area contributed by atoms with Crippen LogP contribution in [-0.2, 0) is 34.0 Å². The van der Waals surface area contributed by atoms with Crippen molar-refractivity contribution in [3.05, 3.63) is 98.6 Å². The topological polar surface area (TPSA) is 219 Å². The maximum atomic E-state index is 12.5. The number of aromatic nitrogens is 5. The minimum absolute atomic E-state index is 0.0377. The van der Waals surface area contributed by atoms with E-state index >= 15 is 0 Å². The number of piperidine rings is 2. The van der Waals surface area contributed by atoms with E-state index in [0.29, 0.717) is 63.6 Å². The van der Waals surface area contributed by atoms with Gasteiger partial charge in [-0.2, -0.15) is 0 Å². The number of ether oxygens (including phenoxy) is 2. The molecule has 3 aliphatic rings. The van der Waals surface area contributed by atoms with Crippen molar-refractivity contribution in [3.8, 4) is 11.5 Å². The number of rotatable bonds is 9. The van der Waals surface area contributed by atoms with Crippen LogP contribution in [0.2, 0.25) is 0 Å². The highest BCUT2D eigenvalue weighted by Crippen LogP contribution is 2.29. The Labute approximate surface area is 353 Å². The van der Waals surface area contributed by atoms with Crippen LogP contribution < -0.4 is 25.9 Å². The molecule has 3 aromatic heterocycles. The van der Waals surface area contributed by atoms with E-state index in [0.717, 1.165) is 102 Å². The number of ketones is 1. The second-order valence-corrected chi connectivity index (χ2v) is 15.4. The fourth-order valence-corrected chi connectivity index (χ4v) is 7.92. The van der Waals surface area contributed by atoms with Crippen LogP contribution in [0.15, 0.2) is 70.6 Å². The Hall–Kier alpha value is -6.22. The molecule has 0 saturated carbocycles. The molecular formula is C44H54N10O7. The third-order valence-electron chi connectivity index (χ3n) is 11.1. The van der Waals surface area contributed by atoms with E-state index in [4.69, 9.17) is 29.9 Å². The molecule has 322 valence electrons. The molecule has 3 unspecified atom stereocenters. The smallest absolute Gasteiger partial charge is 0.269 e. The third-order valence-corrected chi connectivity index (χ3v) is 11.1. The summed E-state index contributed by atoms with van der Waals surface area (Å²) in [5.74, 6) is 1.85. The monoisotopic (exact) mass is 834 g/mol. The van der Waals surface area contributed by atoms with Crippen molar-refractivity contribution in [2.45, 2.75) is 91.1 Å². The largest absolute Gasteiger partial charge is 0.486 e. The van der Waals surface area contributed by atoms with Crippen molar-refractivity contribution >= 4 is 40.0 Å². The molecule has 2 saturated heterocycles. The van der Waals surface area contributed by atoms with Crippen molar-refractivity contribution in [2.75, 3.05) is 39.4 Å². The van der Waals surface area contributed by atoms with E-state index in [1.165, 1.54) is 12.4 Å². The Morgan fingerprint density at radius 1 is 0.721 bits per heavy atom. The van der Waals surface area contributed by atoms with Crippen LogP contribution in [0.4, 0.5) is 0 Å². The summed E-state index contributed by atoms with van der Waals surface area (Å²) >= 11 is 0. The molecule has 2 fully saturated rings. The number of nitrogens with one attached hydrogen (secondary N) is 3. The van der Waals surface area contributed by atoms with Gasteiger partial charge >= 0.3 is 0 Å². The summed E-state index contributed by atoms with van der Waals surface area (Å²) in [5.41, 5.74) is 6.61. The van der Waals surface area contributed by atoms with Crippen molar-refractivity contribution in [1.82, 2.24) is 39.2 Å². The molecule has 3 atom stereocenters. The van der Waals surface area contributed by atoms with Crippen molar-refractivity contribution < 1.29 is 23.9 Å². The molecule has 2 aromatic carbocycles. The van der Waals surface area contributed by atoms with Gasteiger partial charge in [0.2, 0.25) is 12.2 Å². The van der Waals surface area contributed by atoms with Crippen molar-refractivity contribution in [3.63, 3.8) is 0 Å². The molecule has 0 aliphatic carbocycles. The normalized spacial score (nSPS) is 18.6. The van der Waals surface area contributed by atoms with Crippen LogP contribution in [0.25, 0.3) is 22.1 Å². The van der Waals surface area contributed by atoms with Crippen molar-refractivity contribution in [1.29, 1.82) is 10.8 Å². The SMILES string of the molecule is Cc1ccc2ncc(=O)n(CCN3CCC(=O)CC3C)c2c1.Cc1ccc2ncc(=O)n(CCN3CCC(NCc4cc5c(cn4)OCCO5)CC3C)c2c1.N=C=O.N=C=O. The zero-order valence-corrected chi connectivity index (χ0v) is 35.2. The third kappa shape index (κ3) is 12.6. The summed E-state index contributed by atoms with van der Waals surface area (Å²) in [7, 11) is 0. The Kier molecular flexibility index (Phi) is 16.8. The molecule has 17 heteroatoms. The van der Waals surface area contributed by atoms with Crippen molar-refractivity contribution in [2.24, 2.45) is 0 Å². The number of pyridine rings is 1. The summed E-state index contributed by atoms with van der Waals surface area (Å²) in [6.07, 6.45) is 9.45. The number of carbonyl (C=O) groups excluding carboxylic acids is 3.